The fourth-order valence-electron chi connectivity index (χ4n) is 4.39. The second-order valence-electron chi connectivity index (χ2n) is 9.65. The van der Waals surface area contributed by atoms with Crippen molar-refractivity contribution in [3.63, 3.8) is 0 Å². The first-order chi connectivity index (χ1) is 14.1. The van der Waals surface area contributed by atoms with Crippen molar-refractivity contribution in [2.75, 3.05) is 17.2 Å². The van der Waals surface area contributed by atoms with E-state index in [1.165, 1.54) is 16.2 Å². The Morgan fingerprint density at radius 1 is 1.23 bits per heavy atom. The molecule has 0 radical (unpaired) electrons. The van der Waals surface area contributed by atoms with Gasteiger partial charge in [-0.05, 0) is 41.5 Å². The first-order valence-electron chi connectivity index (χ1n) is 10.2. The third kappa shape index (κ3) is 3.65. The van der Waals surface area contributed by atoms with E-state index in [2.05, 4.69) is 48.9 Å². The van der Waals surface area contributed by atoms with Crippen LogP contribution in [0.25, 0.3) is 0 Å². The predicted octanol–water partition coefficient (Wildman–Crippen LogP) is 2.16. The quantitative estimate of drug-likeness (QED) is 0.726. The number of hydrogen-bond acceptors (Lipinski definition) is 4. The van der Waals surface area contributed by atoms with Crippen LogP contribution < -0.4 is 21.5 Å². The van der Waals surface area contributed by atoms with E-state index in [9.17, 15) is 14.4 Å². The molecule has 2 amide bonds. The number of carbonyl (C=O) groups excluding carboxylic acids is 2. The second kappa shape index (κ2) is 7.09. The fourth-order valence-corrected chi connectivity index (χ4v) is 4.39. The number of pyridine rings is 1. The van der Waals surface area contributed by atoms with Gasteiger partial charge in [-0.25, -0.2) is 0 Å². The molecule has 1 aromatic carbocycles. The highest BCUT2D eigenvalue weighted by atomic mass is 16.2. The Balaban J connectivity index is 1.56. The Kier molecular flexibility index (Phi) is 4.81. The molecule has 2 aliphatic heterocycles. The van der Waals surface area contributed by atoms with E-state index < -0.39 is 11.5 Å². The van der Waals surface area contributed by atoms with E-state index in [4.69, 9.17) is 0 Å². The number of benzene rings is 1. The molecule has 0 aliphatic carbocycles. The van der Waals surface area contributed by atoms with Crippen LogP contribution in [0.4, 0.5) is 11.4 Å². The lowest BCUT2D eigenvalue weighted by molar-refractivity contribution is -0.120. The van der Waals surface area contributed by atoms with Crippen molar-refractivity contribution in [3.05, 3.63) is 58.0 Å². The van der Waals surface area contributed by atoms with Crippen LogP contribution in [0.15, 0.2) is 41.3 Å². The molecule has 2 aromatic rings. The molecule has 3 N–H and O–H groups in total. The van der Waals surface area contributed by atoms with E-state index in [1.807, 2.05) is 6.07 Å². The van der Waals surface area contributed by atoms with Gasteiger partial charge in [0, 0.05) is 37.2 Å². The summed E-state index contributed by atoms with van der Waals surface area (Å²) < 4.78 is 1.44. The third-order valence-electron chi connectivity index (χ3n) is 5.91. The number of rotatable bonds is 3. The van der Waals surface area contributed by atoms with Crippen molar-refractivity contribution >= 4 is 23.2 Å². The van der Waals surface area contributed by atoms with Crippen molar-refractivity contribution in [1.82, 2.24) is 9.88 Å². The molecule has 0 bridgehead atoms. The molecule has 7 nitrogen and oxygen atoms in total. The van der Waals surface area contributed by atoms with Crippen molar-refractivity contribution in [2.45, 2.75) is 45.1 Å². The molecule has 1 aromatic heterocycles. The summed E-state index contributed by atoms with van der Waals surface area (Å²) in [7, 11) is 1.65. The van der Waals surface area contributed by atoms with Crippen LogP contribution in [0.5, 0.6) is 0 Å². The molecule has 2 aliphatic rings. The van der Waals surface area contributed by atoms with E-state index in [1.54, 1.807) is 19.3 Å². The van der Waals surface area contributed by atoms with E-state index in [0.29, 0.717) is 18.7 Å². The molecular weight excluding hydrogens is 380 g/mol. The highest BCUT2D eigenvalue weighted by Gasteiger charge is 2.53. The topological polar surface area (TPSA) is 92.2 Å². The Hall–Kier alpha value is -2.93. The third-order valence-corrected chi connectivity index (χ3v) is 5.91. The Bertz CT molecular complexity index is 1080. The smallest absolute Gasteiger partial charge is 0.252 e. The maximum absolute atomic E-state index is 12.9. The van der Waals surface area contributed by atoms with Gasteiger partial charge in [0.25, 0.3) is 5.56 Å². The fraction of sp³-hybridized carbons (Fsp3) is 0.435. The number of aromatic nitrogens is 1. The predicted molar refractivity (Wildman–Crippen MR) is 117 cm³/mol. The molecule has 0 saturated carbocycles. The normalized spacial score (nSPS) is 22.8. The maximum atomic E-state index is 12.9. The summed E-state index contributed by atoms with van der Waals surface area (Å²) in [4.78, 5) is 37.5. The Labute approximate surface area is 175 Å². The molecule has 1 spiro atoms. The zero-order valence-electron chi connectivity index (χ0n) is 17.8. The standard InChI is InChI=1S/C23H28N4O3/c1-22(2,3)11-14-5-6-17-16(9-14)23(21(30)26-17)12-18(24-13-23)20(29)25-15-7-8-27(4)19(28)10-15/h5-10,18,24H,11-13H2,1-4H3,(H,25,29)(H,26,30). The van der Waals surface area contributed by atoms with E-state index in [0.717, 1.165) is 17.7 Å². The molecule has 158 valence electrons. The number of amides is 2. The zero-order valence-corrected chi connectivity index (χ0v) is 17.8. The van der Waals surface area contributed by atoms with Gasteiger partial charge in [0.05, 0.1) is 11.5 Å². The molecular formula is C23H28N4O3. The minimum Gasteiger partial charge on any atom is -0.325 e. The summed E-state index contributed by atoms with van der Waals surface area (Å²) in [5.74, 6) is -0.311. The van der Waals surface area contributed by atoms with Gasteiger partial charge in [0.2, 0.25) is 11.8 Å². The molecule has 30 heavy (non-hydrogen) atoms. The van der Waals surface area contributed by atoms with Gasteiger partial charge >= 0.3 is 0 Å². The van der Waals surface area contributed by atoms with E-state index >= 15 is 0 Å². The van der Waals surface area contributed by atoms with Gasteiger partial charge in [-0.2, -0.15) is 0 Å². The molecule has 2 atom stereocenters. The van der Waals surface area contributed by atoms with Crippen LogP contribution in [-0.4, -0.2) is 29.0 Å². The van der Waals surface area contributed by atoms with Gasteiger partial charge in [0.15, 0.2) is 0 Å². The minimum atomic E-state index is -0.752. The van der Waals surface area contributed by atoms with Gasteiger partial charge < -0.3 is 20.5 Å². The molecule has 7 heteroatoms. The molecule has 1 saturated heterocycles. The first-order valence-corrected chi connectivity index (χ1v) is 10.2. The van der Waals surface area contributed by atoms with Crippen molar-refractivity contribution in [2.24, 2.45) is 12.5 Å². The minimum absolute atomic E-state index is 0.0678. The summed E-state index contributed by atoms with van der Waals surface area (Å²) in [6.07, 6.45) is 2.89. The number of aryl methyl sites for hydroxylation is 1. The van der Waals surface area contributed by atoms with Crippen LogP contribution in [0.3, 0.4) is 0 Å². The van der Waals surface area contributed by atoms with Gasteiger partial charge in [-0.3, -0.25) is 14.4 Å². The monoisotopic (exact) mass is 408 g/mol. The summed E-state index contributed by atoms with van der Waals surface area (Å²) in [5.41, 5.74) is 2.62. The molecule has 2 unspecified atom stereocenters. The average Bonchev–Trinajstić information content (AvgIpc) is 3.21. The van der Waals surface area contributed by atoms with Crippen LogP contribution in [-0.2, 0) is 28.5 Å². The summed E-state index contributed by atoms with van der Waals surface area (Å²) in [6, 6.07) is 8.69. The van der Waals surface area contributed by atoms with Gasteiger partial charge in [-0.1, -0.05) is 32.9 Å². The van der Waals surface area contributed by atoms with Gasteiger partial charge in [-0.15, -0.1) is 0 Å². The molecule has 1 fully saturated rings. The van der Waals surface area contributed by atoms with Crippen molar-refractivity contribution in [1.29, 1.82) is 0 Å². The van der Waals surface area contributed by atoms with E-state index in [-0.39, 0.29) is 22.8 Å². The number of nitrogens with one attached hydrogen (secondary N) is 3. The van der Waals surface area contributed by atoms with Crippen LogP contribution >= 0.6 is 0 Å². The van der Waals surface area contributed by atoms with Crippen molar-refractivity contribution < 1.29 is 9.59 Å². The average molecular weight is 409 g/mol. The number of hydrogen-bond donors (Lipinski definition) is 3. The molecule has 3 heterocycles. The largest absolute Gasteiger partial charge is 0.325 e. The van der Waals surface area contributed by atoms with Crippen LogP contribution in [0.2, 0.25) is 0 Å². The maximum Gasteiger partial charge on any atom is 0.252 e. The second-order valence-corrected chi connectivity index (χ2v) is 9.65. The Morgan fingerprint density at radius 2 is 2.00 bits per heavy atom. The Morgan fingerprint density at radius 3 is 2.70 bits per heavy atom. The molecule has 4 rings (SSSR count). The van der Waals surface area contributed by atoms with Gasteiger partial charge in [0.1, 0.15) is 0 Å². The highest BCUT2D eigenvalue weighted by Crippen LogP contribution is 2.44. The number of fused-ring (bicyclic) bond motifs is 2. The highest BCUT2D eigenvalue weighted by molar-refractivity contribution is 6.08. The van der Waals surface area contributed by atoms with Crippen LogP contribution in [0, 0.1) is 5.41 Å². The van der Waals surface area contributed by atoms with Crippen LogP contribution in [0.1, 0.15) is 38.3 Å². The summed E-state index contributed by atoms with van der Waals surface area (Å²) in [6.45, 7) is 6.97. The lowest BCUT2D eigenvalue weighted by Crippen LogP contribution is -2.36. The first kappa shape index (κ1) is 20.3. The van der Waals surface area contributed by atoms with Crippen molar-refractivity contribution in [3.8, 4) is 0 Å². The lowest BCUT2D eigenvalue weighted by atomic mass is 9.78. The number of anilines is 2. The number of nitrogens with zero attached hydrogens (tertiary/aromatic N) is 1. The summed E-state index contributed by atoms with van der Waals surface area (Å²) >= 11 is 0. The lowest BCUT2D eigenvalue weighted by Gasteiger charge is -2.23. The summed E-state index contributed by atoms with van der Waals surface area (Å²) in [5, 5.41) is 9.00. The SMILES string of the molecule is Cn1ccc(NC(=O)C2CC3(CN2)C(=O)Nc2ccc(CC(C)(C)C)cc23)cc1=O. The number of carbonyl (C=O) groups is 2. The zero-order chi connectivity index (χ0) is 21.7.